The summed E-state index contributed by atoms with van der Waals surface area (Å²) >= 11 is 1.55. The molecule has 0 radical (unpaired) electrons. The first-order valence-corrected chi connectivity index (χ1v) is 7.58. The zero-order valence-electron chi connectivity index (χ0n) is 11.6. The molecule has 0 aliphatic carbocycles. The minimum atomic E-state index is -0.367. The van der Waals surface area contributed by atoms with Gasteiger partial charge in [-0.1, -0.05) is 12.1 Å². The molecule has 4 nitrogen and oxygen atoms in total. The molecule has 0 aliphatic rings. The molecule has 2 heterocycles. The molecule has 6 heteroatoms. The van der Waals surface area contributed by atoms with Gasteiger partial charge in [0.25, 0.3) is 0 Å². The van der Waals surface area contributed by atoms with Crippen LogP contribution in [0.5, 0.6) is 5.75 Å². The highest BCUT2D eigenvalue weighted by Crippen LogP contribution is 2.25. The van der Waals surface area contributed by atoms with Gasteiger partial charge in [0, 0.05) is 23.8 Å². The Kier molecular flexibility index (Phi) is 3.90. The average Bonchev–Trinajstić information content (AvgIpc) is 2.98. The molecule has 21 heavy (non-hydrogen) atoms. The van der Waals surface area contributed by atoms with Crippen LogP contribution in [0.25, 0.3) is 4.96 Å². The topological polar surface area (TPSA) is 52.5 Å². The molecule has 0 aliphatic heterocycles. The second kappa shape index (κ2) is 5.83. The number of hydrogen-bond acceptors (Lipinski definition) is 4. The third-order valence-electron chi connectivity index (χ3n) is 3.10. The summed E-state index contributed by atoms with van der Waals surface area (Å²) in [6.07, 6.45) is 4.39. The van der Waals surface area contributed by atoms with Gasteiger partial charge in [-0.05, 0) is 25.0 Å². The summed E-state index contributed by atoms with van der Waals surface area (Å²) in [4.78, 5) is 5.32. The lowest BCUT2D eigenvalue weighted by molar-refractivity contribution is 0.282. The fraction of sp³-hybridized carbons (Fsp3) is 0.267. The minimum absolute atomic E-state index is 0.0490. The van der Waals surface area contributed by atoms with E-state index in [2.05, 4.69) is 4.98 Å². The second-order valence-electron chi connectivity index (χ2n) is 5.02. The number of aromatic nitrogens is 2. The lowest BCUT2D eigenvalue weighted by atomic mass is 10.1. The Labute approximate surface area is 126 Å². The number of benzene rings is 1. The lowest BCUT2D eigenvalue weighted by Crippen LogP contribution is -2.18. The van der Waals surface area contributed by atoms with Gasteiger partial charge in [0.15, 0.2) is 16.5 Å². The van der Waals surface area contributed by atoms with Crippen LogP contribution in [0.2, 0.25) is 0 Å². The molecule has 2 aromatic heterocycles. The van der Waals surface area contributed by atoms with Crippen molar-refractivity contribution in [2.45, 2.75) is 26.0 Å². The minimum Gasteiger partial charge on any atom is -0.484 e. The van der Waals surface area contributed by atoms with Crippen LogP contribution < -0.4 is 10.5 Å². The molecule has 1 aromatic carbocycles. The maximum absolute atomic E-state index is 14.0. The standard InChI is InChI=1S/C15H16FN3OS/c1-10(17)7-11-3-2-4-13(16)14(11)20-9-12-8-19-5-6-21-15(19)18-12/h2-6,8,10H,7,9,17H2,1H3. The first-order chi connectivity index (χ1) is 10.1. The molecule has 0 saturated heterocycles. The van der Waals surface area contributed by atoms with Gasteiger partial charge in [-0.15, -0.1) is 11.3 Å². The van der Waals surface area contributed by atoms with Crippen LogP contribution >= 0.6 is 11.3 Å². The van der Waals surface area contributed by atoms with E-state index in [4.69, 9.17) is 10.5 Å². The first kappa shape index (κ1) is 14.0. The number of para-hydroxylation sites is 1. The average molecular weight is 305 g/mol. The van der Waals surface area contributed by atoms with E-state index in [0.29, 0.717) is 6.42 Å². The molecule has 0 spiro atoms. The maximum Gasteiger partial charge on any atom is 0.193 e. The van der Waals surface area contributed by atoms with E-state index in [-0.39, 0.29) is 24.2 Å². The number of hydrogen-bond donors (Lipinski definition) is 1. The zero-order chi connectivity index (χ0) is 14.8. The molecule has 0 saturated carbocycles. The first-order valence-electron chi connectivity index (χ1n) is 6.70. The van der Waals surface area contributed by atoms with Crippen molar-refractivity contribution in [1.82, 2.24) is 9.38 Å². The van der Waals surface area contributed by atoms with Gasteiger partial charge in [0.2, 0.25) is 0 Å². The van der Waals surface area contributed by atoms with Crippen LogP contribution in [0.4, 0.5) is 4.39 Å². The van der Waals surface area contributed by atoms with Crippen molar-refractivity contribution in [3.8, 4) is 5.75 Å². The van der Waals surface area contributed by atoms with Crippen LogP contribution in [-0.2, 0) is 13.0 Å². The summed E-state index contributed by atoms with van der Waals surface area (Å²) < 4.78 is 21.5. The Hall–Kier alpha value is -1.92. The van der Waals surface area contributed by atoms with Gasteiger partial charge < -0.3 is 10.5 Å². The Balaban J connectivity index is 1.79. The molecule has 1 atom stereocenters. The Morgan fingerprint density at radius 2 is 2.33 bits per heavy atom. The van der Waals surface area contributed by atoms with Gasteiger partial charge in [0.1, 0.15) is 6.61 Å². The Morgan fingerprint density at radius 1 is 1.48 bits per heavy atom. The third kappa shape index (κ3) is 3.06. The number of ether oxygens (including phenoxy) is 1. The summed E-state index contributed by atoms with van der Waals surface area (Å²) in [6, 6.07) is 4.86. The van der Waals surface area contributed by atoms with Crippen molar-refractivity contribution in [3.05, 3.63) is 53.0 Å². The third-order valence-corrected chi connectivity index (χ3v) is 3.87. The number of thiazole rings is 1. The summed E-state index contributed by atoms with van der Waals surface area (Å²) in [6.45, 7) is 2.12. The molecular weight excluding hydrogens is 289 g/mol. The highest BCUT2D eigenvalue weighted by atomic mass is 32.1. The van der Waals surface area contributed by atoms with Crippen LogP contribution in [0.3, 0.4) is 0 Å². The van der Waals surface area contributed by atoms with Crippen molar-refractivity contribution in [2.24, 2.45) is 5.73 Å². The van der Waals surface area contributed by atoms with Crippen LogP contribution in [0, 0.1) is 5.82 Å². The number of halogens is 1. The van der Waals surface area contributed by atoms with Gasteiger partial charge >= 0.3 is 0 Å². The fourth-order valence-electron chi connectivity index (χ4n) is 2.21. The SMILES string of the molecule is CC(N)Cc1cccc(F)c1OCc1cn2ccsc2n1. The van der Waals surface area contributed by atoms with Crippen molar-refractivity contribution in [1.29, 1.82) is 0 Å². The lowest BCUT2D eigenvalue weighted by Gasteiger charge is -2.13. The van der Waals surface area contributed by atoms with Gasteiger partial charge in [-0.25, -0.2) is 9.37 Å². The van der Waals surface area contributed by atoms with Crippen LogP contribution in [0.15, 0.2) is 36.0 Å². The molecule has 0 fully saturated rings. The fourth-order valence-corrected chi connectivity index (χ4v) is 2.93. The number of imidazole rings is 1. The van der Waals surface area contributed by atoms with Crippen molar-refractivity contribution in [3.63, 3.8) is 0 Å². The molecule has 3 aromatic rings. The molecule has 0 amide bonds. The maximum atomic E-state index is 14.0. The monoisotopic (exact) mass is 305 g/mol. The van der Waals surface area contributed by atoms with Crippen LogP contribution in [0.1, 0.15) is 18.2 Å². The molecule has 110 valence electrons. The Morgan fingerprint density at radius 3 is 3.10 bits per heavy atom. The number of nitrogens with zero attached hydrogens (tertiary/aromatic N) is 2. The predicted molar refractivity (Wildman–Crippen MR) is 81.2 cm³/mol. The van der Waals surface area contributed by atoms with Gasteiger partial charge in [-0.3, -0.25) is 4.40 Å². The Bertz CT molecular complexity index is 722. The summed E-state index contributed by atoms with van der Waals surface area (Å²) in [7, 11) is 0. The number of nitrogens with two attached hydrogens (primary N) is 1. The summed E-state index contributed by atoms with van der Waals surface area (Å²) in [5, 5.41) is 1.96. The molecule has 3 rings (SSSR count). The van der Waals surface area contributed by atoms with E-state index in [0.717, 1.165) is 16.2 Å². The van der Waals surface area contributed by atoms with E-state index in [1.165, 1.54) is 6.07 Å². The van der Waals surface area contributed by atoms with Gasteiger partial charge in [-0.2, -0.15) is 0 Å². The highest BCUT2D eigenvalue weighted by molar-refractivity contribution is 7.15. The zero-order valence-corrected chi connectivity index (χ0v) is 12.4. The quantitative estimate of drug-likeness (QED) is 0.788. The molecule has 2 N–H and O–H groups in total. The largest absolute Gasteiger partial charge is 0.484 e. The van der Waals surface area contributed by atoms with Gasteiger partial charge in [0.05, 0.1) is 5.69 Å². The predicted octanol–water partition coefficient (Wildman–Crippen LogP) is 3.00. The molecular formula is C15H16FN3OS. The van der Waals surface area contributed by atoms with E-state index in [1.54, 1.807) is 17.4 Å². The molecule has 1 unspecified atom stereocenters. The normalized spacial score (nSPS) is 12.7. The van der Waals surface area contributed by atoms with E-state index >= 15 is 0 Å². The smallest absolute Gasteiger partial charge is 0.193 e. The summed E-state index contributed by atoms with van der Waals surface area (Å²) in [5.41, 5.74) is 7.35. The van der Waals surface area contributed by atoms with E-state index in [1.807, 2.05) is 35.2 Å². The number of fused-ring (bicyclic) bond motifs is 1. The van der Waals surface area contributed by atoms with Crippen molar-refractivity contribution < 1.29 is 9.13 Å². The highest BCUT2D eigenvalue weighted by Gasteiger charge is 2.12. The van der Waals surface area contributed by atoms with Crippen LogP contribution in [-0.4, -0.2) is 15.4 Å². The second-order valence-corrected chi connectivity index (χ2v) is 5.90. The van der Waals surface area contributed by atoms with E-state index in [9.17, 15) is 4.39 Å². The van der Waals surface area contributed by atoms with Crippen molar-refractivity contribution >= 4 is 16.3 Å². The van der Waals surface area contributed by atoms with Crippen molar-refractivity contribution in [2.75, 3.05) is 0 Å². The number of rotatable bonds is 5. The molecule has 0 bridgehead atoms. The van der Waals surface area contributed by atoms with E-state index < -0.39 is 0 Å². The summed E-state index contributed by atoms with van der Waals surface area (Å²) in [5.74, 6) is -0.0969.